The van der Waals surface area contributed by atoms with E-state index in [0.717, 1.165) is 6.42 Å². The molecular weight excluding hydrogens is 242 g/mol. The third-order valence-electron chi connectivity index (χ3n) is 3.20. The molecule has 0 aliphatic carbocycles. The van der Waals surface area contributed by atoms with Gasteiger partial charge in [-0.05, 0) is 49.7 Å². The summed E-state index contributed by atoms with van der Waals surface area (Å²) in [6.07, 6.45) is 8.78. The number of hydrogen-bond acceptors (Lipinski definition) is 3. The molecule has 18 heavy (non-hydrogen) atoms. The lowest BCUT2D eigenvalue weighted by molar-refractivity contribution is 0.503. The van der Waals surface area contributed by atoms with Crippen LogP contribution in [0.1, 0.15) is 23.3 Å². The van der Waals surface area contributed by atoms with Crippen LogP contribution in [-0.4, -0.2) is 22.9 Å². The molecule has 2 aromatic rings. The molecule has 2 heterocycles. The fourth-order valence-electron chi connectivity index (χ4n) is 2.19. The van der Waals surface area contributed by atoms with Gasteiger partial charge < -0.3 is 5.32 Å². The monoisotopic (exact) mass is 263 g/mol. The van der Waals surface area contributed by atoms with Gasteiger partial charge in [-0.25, -0.2) is 0 Å². The summed E-state index contributed by atoms with van der Waals surface area (Å²) in [5, 5.41) is 9.78. The van der Waals surface area contributed by atoms with Crippen molar-refractivity contribution in [1.29, 1.82) is 0 Å². The van der Waals surface area contributed by atoms with E-state index in [4.69, 9.17) is 0 Å². The van der Waals surface area contributed by atoms with E-state index in [1.165, 1.54) is 29.7 Å². The maximum Gasteiger partial charge on any atom is 0.0522 e. The molecule has 0 aliphatic rings. The highest BCUT2D eigenvalue weighted by Crippen LogP contribution is 2.14. The zero-order valence-corrected chi connectivity index (χ0v) is 11.9. The van der Waals surface area contributed by atoms with Gasteiger partial charge in [0.1, 0.15) is 0 Å². The fourth-order valence-corrected chi connectivity index (χ4v) is 2.94. The van der Waals surface area contributed by atoms with Gasteiger partial charge in [0.15, 0.2) is 0 Å². The molecular formula is C14H21N3S. The van der Waals surface area contributed by atoms with Crippen LogP contribution in [0, 0.1) is 0 Å². The summed E-state index contributed by atoms with van der Waals surface area (Å²) in [6, 6.07) is 4.90. The molecule has 98 valence electrons. The van der Waals surface area contributed by atoms with Crippen molar-refractivity contribution in [2.45, 2.75) is 31.7 Å². The normalized spacial score (nSPS) is 12.8. The first-order valence-corrected chi connectivity index (χ1v) is 7.33. The predicted molar refractivity (Wildman–Crippen MR) is 77.0 cm³/mol. The lowest BCUT2D eigenvalue weighted by Crippen LogP contribution is -2.27. The van der Waals surface area contributed by atoms with E-state index >= 15 is 0 Å². The van der Waals surface area contributed by atoms with Crippen LogP contribution >= 0.6 is 11.3 Å². The summed E-state index contributed by atoms with van der Waals surface area (Å²) in [5.74, 6) is 0. The minimum atomic E-state index is 0.550. The van der Waals surface area contributed by atoms with E-state index in [0.29, 0.717) is 6.04 Å². The number of likely N-dealkylation sites (N-methyl/N-ethyl adjacent to an activating group) is 1. The Kier molecular flexibility index (Phi) is 4.96. The molecule has 0 saturated carbocycles. The zero-order chi connectivity index (χ0) is 12.8. The van der Waals surface area contributed by atoms with Crippen LogP contribution in [0.4, 0.5) is 0 Å². The molecule has 0 spiro atoms. The van der Waals surface area contributed by atoms with Gasteiger partial charge in [-0.1, -0.05) is 6.07 Å². The summed E-state index contributed by atoms with van der Waals surface area (Å²) in [6.45, 7) is 0. The van der Waals surface area contributed by atoms with Crippen molar-refractivity contribution in [3.63, 3.8) is 0 Å². The standard InChI is InChI=1S/C14H21N3S/c1-15-13(9-12-10-16-17(2)11-12)5-3-6-14-7-4-8-18-14/h4,7-8,10-11,13,15H,3,5-6,9H2,1-2H3. The lowest BCUT2D eigenvalue weighted by Gasteiger charge is -2.14. The molecule has 2 aromatic heterocycles. The Hall–Kier alpha value is -1.13. The average molecular weight is 263 g/mol. The number of aromatic nitrogens is 2. The van der Waals surface area contributed by atoms with Crippen LogP contribution in [0.25, 0.3) is 0 Å². The first-order valence-electron chi connectivity index (χ1n) is 6.45. The molecule has 3 nitrogen and oxygen atoms in total. The molecule has 0 radical (unpaired) electrons. The van der Waals surface area contributed by atoms with Crippen molar-refractivity contribution in [2.24, 2.45) is 7.05 Å². The average Bonchev–Trinajstić information content (AvgIpc) is 3.00. The summed E-state index contributed by atoms with van der Waals surface area (Å²) < 4.78 is 1.87. The second kappa shape index (κ2) is 6.71. The Labute approximate surface area is 113 Å². The zero-order valence-electron chi connectivity index (χ0n) is 11.1. The highest BCUT2D eigenvalue weighted by molar-refractivity contribution is 7.09. The molecule has 1 atom stereocenters. The molecule has 0 saturated heterocycles. The Bertz CT molecular complexity index is 447. The van der Waals surface area contributed by atoms with Gasteiger partial charge in [-0.2, -0.15) is 5.10 Å². The van der Waals surface area contributed by atoms with Crippen LogP contribution in [0.5, 0.6) is 0 Å². The Morgan fingerprint density at radius 1 is 1.50 bits per heavy atom. The van der Waals surface area contributed by atoms with E-state index < -0.39 is 0 Å². The summed E-state index contributed by atoms with van der Waals surface area (Å²) in [4.78, 5) is 1.49. The minimum Gasteiger partial charge on any atom is -0.317 e. The second-order valence-electron chi connectivity index (χ2n) is 4.68. The maximum absolute atomic E-state index is 4.22. The van der Waals surface area contributed by atoms with Gasteiger partial charge in [0.25, 0.3) is 0 Å². The van der Waals surface area contributed by atoms with Crippen LogP contribution in [0.3, 0.4) is 0 Å². The van der Waals surface area contributed by atoms with Crippen molar-refractivity contribution in [1.82, 2.24) is 15.1 Å². The molecule has 0 bridgehead atoms. The first kappa shape index (κ1) is 13.3. The Morgan fingerprint density at radius 3 is 3.00 bits per heavy atom. The van der Waals surface area contributed by atoms with Gasteiger partial charge in [-0.3, -0.25) is 4.68 Å². The lowest BCUT2D eigenvalue weighted by atomic mass is 10.0. The minimum absolute atomic E-state index is 0.550. The SMILES string of the molecule is CNC(CCCc1cccs1)Cc1cnn(C)c1. The van der Waals surface area contributed by atoms with Gasteiger partial charge in [0.2, 0.25) is 0 Å². The van der Waals surface area contributed by atoms with Crippen LogP contribution in [0.15, 0.2) is 29.9 Å². The van der Waals surface area contributed by atoms with Crippen molar-refractivity contribution in [2.75, 3.05) is 7.05 Å². The van der Waals surface area contributed by atoms with Gasteiger partial charge >= 0.3 is 0 Å². The Morgan fingerprint density at radius 2 is 2.39 bits per heavy atom. The van der Waals surface area contributed by atoms with Gasteiger partial charge in [0, 0.05) is 24.2 Å². The Balaban J connectivity index is 1.75. The van der Waals surface area contributed by atoms with Gasteiger partial charge in [0.05, 0.1) is 6.20 Å². The number of thiophene rings is 1. The van der Waals surface area contributed by atoms with Crippen LogP contribution < -0.4 is 5.32 Å². The summed E-state index contributed by atoms with van der Waals surface area (Å²) >= 11 is 1.86. The quantitative estimate of drug-likeness (QED) is 0.832. The number of aryl methyl sites for hydroxylation is 2. The molecule has 0 amide bonds. The number of nitrogens with zero attached hydrogens (tertiary/aromatic N) is 2. The van der Waals surface area contributed by atoms with Crippen molar-refractivity contribution in [3.8, 4) is 0 Å². The third-order valence-corrected chi connectivity index (χ3v) is 4.14. The maximum atomic E-state index is 4.22. The molecule has 0 aromatic carbocycles. The molecule has 1 unspecified atom stereocenters. The third kappa shape index (κ3) is 3.96. The van der Waals surface area contributed by atoms with Crippen molar-refractivity contribution >= 4 is 11.3 Å². The highest BCUT2D eigenvalue weighted by atomic mass is 32.1. The van der Waals surface area contributed by atoms with E-state index in [2.05, 4.69) is 34.1 Å². The number of rotatable bonds is 7. The number of hydrogen-bond donors (Lipinski definition) is 1. The highest BCUT2D eigenvalue weighted by Gasteiger charge is 2.08. The van der Waals surface area contributed by atoms with E-state index in [1.54, 1.807) is 0 Å². The molecule has 0 fully saturated rings. The van der Waals surface area contributed by atoms with E-state index in [9.17, 15) is 0 Å². The number of nitrogens with one attached hydrogen (secondary N) is 1. The predicted octanol–water partition coefficient (Wildman–Crippen LogP) is 2.64. The molecule has 4 heteroatoms. The van der Waals surface area contributed by atoms with Crippen LogP contribution in [-0.2, 0) is 19.9 Å². The van der Waals surface area contributed by atoms with Crippen LogP contribution in [0.2, 0.25) is 0 Å². The van der Waals surface area contributed by atoms with Gasteiger partial charge in [-0.15, -0.1) is 11.3 Å². The summed E-state index contributed by atoms with van der Waals surface area (Å²) in [7, 11) is 4.01. The topological polar surface area (TPSA) is 29.9 Å². The largest absolute Gasteiger partial charge is 0.317 e. The van der Waals surface area contributed by atoms with Crippen molar-refractivity contribution in [3.05, 3.63) is 40.3 Å². The summed E-state index contributed by atoms with van der Waals surface area (Å²) in [5.41, 5.74) is 1.31. The van der Waals surface area contributed by atoms with E-state index in [-0.39, 0.29) is 0 Å². The van der Waals surface area contributed by atoms with E-state index in [1.807, 2.05) is 36.3 Å². The first-order chi connectivity index (χ1) is 8.78. The second-order valence-corrected chi connectivity index (χ2v) is 5.72. The molecule has 1 N–H and O–H groups in total. The smallest absolute Gasteiger partial charge is 0.0522 e. The fraction of sp³-hybridized carbons (Fsp3) is 0.500. The molecule has 2 rings (SSSR count). The molecule has 0 aliphatic heterocycles. The van der Waals surface area contributed by atoms with Crippen molar-refractivity contribution < 1.29 is 0 Å².